The van der Waals surface area contributed by atoms with Gasteiger partial charge in [-0.05, 0) is 34.7 Å². The molecule has 114 valence electrons. The van der Waals surface area contributed by atoms with Gasteiger partial charge in [-0.1, -0.05) is 0 Å². The van der Waals surface area contributed by atoms with Gasteiger partial charge in [-0.3, -0.25) is 9.88 Å². The lowest BCUT2D eigenvalue weighted by molar-refractivity contribution is 0.00578. The lowest BCUT2D eigenvalue weighted by Crippen LogP contribution is -2.51. The van der Waals surface area contributed by atoms with Crippen LogP contribution in [0.15, 0.2) is 12.4 Å². The standard InChI is InChI=1S/C14H22BN3O3/c1-13(2)14(3,4)21-15(20-13)11-6-17-12(7-16-11)19-10-8-18(5)9-10/h6-7,10H,8-9H2,1-5H3. The van der Waals surface area contributed by atoms with Crippen molar-refractivity contribution in [3.05, 3.63) is 12.4 Å². The zero-order chi connectivity index (χ0) is 15.3. The Morgan fingerprint density at radius 3 is 2.24 bits per heavy atom. The van der Waals surface area contributed by atoms with Crippen LogP contribution >= 0.6 is 0 Å². The number of likely N-dealkylation sites (tertiary alicyclic amines) is 1. The molecule has 7 heteroatoms. The van der Waals surface area contributed by atoms with Crippen LogP contribution in [0, 0.1) is 0 Å². The Labute approximate surface area is 126 Å². The van der Waals surface area contributed by atoms with Gasteiger partial charge < -0.3 is 14.0 Å². The van der Waals surface area contributed by atoms with Crippen molar-refractivity contribution in [3.8, 4) is 5.88 Å². The minimum Gasteiger partial charge on any atom is -0.471 e. The fourth-order valence-electron chi connectivity index (χ4n) is 2.36. The molecule has 0 bridgehead atoms. The van der Waals surface area contributed by atoms with Crippen molar-refractivity contribution in [1.82, 2.24) is 14.9 Å². The van der Waals surface area contributed by atoms with E-state index in [0.717, 1.165) is 13.1 Å². The Morgan fingerprint density at radius 1 is 1.14 bits per heavy atom. The second-order valence-corrected chi connectivity index (χ2v) is 6.83. The normalized spacial score (nSPS) is 24.9. The SMILES string of the molecule is CN1CC(Oc2cnc(B3OC(C)(C)C(C)(C)O3)cn2)C1. The maximum absolute atomic E-state index is 5.95. The predicted molar refractivity (Wildman–Crippen MR) is 79.7 cm³/mol. The van der Waals surface area contributed by atoms with E-state index in [2.05, 4.69) is 21.9 Å². The van der Waals surface area contributed by atoms with Crippen LogP contribution in [0.25, 0.3) is 0 Å². The molecule has 2 aliphatic rings. The molecular formula is C14H22BN3O3. The number of nitrogens with zero attached hydrogens (tertiary/aromatic N) is 3. The molecule has 0 aromatic carbocycles. The molecule has 0 spiro atoms. The summed E-state index contributed by atoms with van der Waals surface area (Å²) in [6.45, 7) is 9.94. The van der Waals surface area contributed by atoms with Gasteiger partial charge in [0.1, 0.15) is 6.10 Å². The first-order chi connectivity index (χ1) is 9.77. The summed E-state index contributed by atoms with van der Waals surface area (Å²) in [5.41, 5.74) is -0.0671. The van der Waals surface area contributed by atoms with Gasteiger partial charge in [0.15, 0.2) is 0 Å². The first kappa shape index (κ1) is 14.7. The van der Waals surface area contributed by atoms with Crippen molar-refractivity contribution in [1.29, 1.82) is 0 Å². The highest BCUT2D eigenvalue weighted by molar-refractivity contribution is 6.61. The van der Waals surface area contributed by atoms with E-state index in [1.807, 2.05) is 27.7 Å². The Balaban J connectivity index is 1.65. The van der Waals surface area contributed by atoms with Gasteiger partial charge in [-0.2, -0.15) is 0 Å². The number of ether oxygens (including phenoxy) is 1. The molecule has 21 heavy (non-hydrogen) atoms. The zero-order valence-electron chi connectivity index (χ0n) is 13.3. The summed E-state index contributed by atoms with van der Waals surface area (Å²) in [5, 5.41) is 0. The zero-order valence-corrected chi connectivity index (χ0v) is 13.3. The average Bonchev–Trinajstić information content (AvgIpc) is 2.57. The van der Waals surface area contributed by atoms with Crippen molar-refractivity contribution in [3.63, 3.8) is 0 Å². The molecule has 0 N–H and O–H groups in total. The first-order valence-electron chi connectivity index (χ1n) is 7.30. The molecule has 0 aliphatic carbocycles. The first-order valence-corrected chi connectivity index (χ1v) is 7.30. The van der Waals surface area contributed by atoms with E-state index in [1.54, 1.807) is 12.4 Å². The second-order valence-electron chi connectivity index (χ2n) is 6.83. The molecule has 0 unspecified atom stereocenters. The Bertz CT molecular complexity index is 499. The van der Waals surface area contributed by atoms with Gasteiger partial charge >= 0.3 is 7.12 Å². The topological polar surface area (TPSA) is 56.7 Å². The lowest BCUT2D eigenvalue weighted by atomic mass is 9.85. The van der Waals surface area contributed by atoms with Crippen LogP contribution in [0.3, 0.4) is 0 Å². The van der Waals surface area contributed by atoms with Crippen LogP contribution in [-0.2, 0) is 9.31 Å². The van der Waals surface area contributed by atoms with E-state index in [9.17, 15) is 0 Å². The molecular weight excluding hydrogens is 269 g/mol. The van der Waals surface area contributed by atoms with Crippen molar-refractivity contribution in [2.45, 2.75) is 45.0 Å². The molecule has 0 atom stereocenters. The fourth-order valence-corrected chi connectivity index (χ4v) is 2.36. The summed E-state index contributed by atoms with van der Waals surface area (Å²) in [7, 11) is 1.58. The smallest absolute Gasteiger partial charge is 0.471 e. The van der Waals surface area contributed by atoms with E-state index in [1.165, 1.54) is 0 Å². The monoisotopic (exact) mass is 291 g/mol. The summed E-state index contributed by atoms with van der Waals surface area (Å²) in [4.78, 5) is 10.9. The molecule has 0 saturated carbocycles. The Morgan fingerprint density at radius 2 is 1.76 bits per heavy atom. The molecule has 1 aromatic heterocycles. The lowest BCUT2D eigenvalue weighted by Gasteiger charge is -2.35. The van der Waals surface area contributed by atoms with E-state index in [4.69, 9.17) is 14.0 Å². The number of rotatable bonds is 3. The van der Waals surface area contributed by atoms with Gasteiger partial charge in [-0.25, -0.2) is 4.98 Å². The highest BCUT2D eigenvalue weighted by atomic mass is 16.7. The summed E-state index contributed by atoms with van der Waals surface area (Å²) in [5.74, 6) is 0.549. The molecule has 0 amide bonds. The Kier molecular flexibility index (Phi) is 3.46. The highest BCUT2D eigenvalue weighted by Crippen LogP contribution is 2.36. The van der Waals surface area contributed by atoms with Crippen molar-refractivity contribution >= 4 is 12.7 Å². The van der Waals surface area contributed by atoms with Crippen LogP contribution < -0.4 is 10.3 Å². The van der Waals surface area contributed by atoms with E-state index < -0.39 is 7.12 Å². The largest absolute Gasteiger partial charge is 0.516 e. The third-order valence-electron chi connectivity index (χ3n) is 4.46. The van der Waals surface area contributed by atoms with Gasteiger partial charge in [0.05, 0.1) is 23.0 Å². The molecule has 3 heterocycles. The van der Waals surface area contributed by atoms with Gasteiger partial charge in [0.2, 0.25) is 5.88 Å². The molecule has 3 rings (SSSR count). The highest BCUT2D eigenvalue weighted by Gasteiger charge is 2.52. The van der Waals surface area contributed by atoms with Gasteiger partial charge in [0, 0.05) is 19.3 Å². The van der Waals surface area contributed by atoms with Crippen LogP contribution in [0.1, 0.15) is 27.7 Å². The molecule has 1 aromatic rings. The van der Waals surface area contributed by atoms with E-state index in [-0.39, 0.29) is 17.3 Å². The molecule has 2 aliphatic heterocycles. The number of hydrogen-bond acceptors (Lipinski definition) is 6. The van der Waals surface area contributed by atoms with E-state index in [0.29, 0.717) is 11.5 Å². The number of aromatic nitrogens is 2. The number of likely N-dealkylation sites (N-methyl/N-ethyl adjacent to an activating group) is 1. The van der Waals surface area contributed by atoms with Crippen LogP contribution in [0.2, 0.25) is 0 Å². The minimum atomic E-state index is -0.480. The Hall–Kier alpha value is -1.18. The molecule has 2 saturated heterocycles. The van der Waals surface area contributed by atoms with Crippen molar-refractivity contribution < 1.29 is 14.0 Å². The summed E-state index contributed by atoms with van der Waals surface area (Å²) in [6, 6.07) is 0. The van der Waals surface area contributed by atoms with Crippen LogP contribution in [0.5, 0.6) is 5.88 Å². The molecule has 6 nitrogen and oxygen atoms in total. The predicted octanol–water partition coefficient (Wildman–Crippen LogP) is 0.469. The molecule has 0 radical (unpaired) electrons. The van der Waals surface area contributed by atoms with Crippen molar-refractivity contribution in [2.75, 3.05) is 20.1 Å². The summed E-state index contributed by atoms with van der Waals surface area (Å²) >= 11 is 0. The summed E-state index contributed by atoms with van der Waals surface area (Å²) in [6.07, 6.45) is 3.52. The third-order valence-corrected chi connectivity index (χ3v) is 4.46. The quantitative estimate of drug-likeness (QED) is 0.755. The van der Waals surface area contributed by atoms with Crippen LogP contribution in [-0.4, -0.2) is 59.4 Å². The van der Waals surface area contributed by atoms with E-state index >= 15 is 0 Å². The van der Waals surface area contributed by atoms with Crippen LogP contribution in [0.4, 0.5) is 0 Å². The number of hydrogen-bond donors (Lipinski definition) is 0. The molecule has 2 fully saturated rings. The minimum absolute atomic E-state index is 0.215. The van der Waals surface area contributed by atoms with Gasteiger partial charge in [-0.15, -0.1) is 0 Å². The van der Waals surface area contributed by atoms with Gasteiger partial charge in [0.25, 0.3) is 0 Å². The second kappa shape index (κ2) is 4.93. The maximum Gasteiger partial charge on any atom is 0.516 e. The summed E-state index contributed by atoms with van der Waals surface area (Å²) < 4.78 is 17.6. The van der Waals surface area contributed by atoms with Crippen molar-refractivity contribution in [2.24, 2.45) is 0 Å². The fraction of sp³-hybridized carbons (Fsp3) is 0.714. The average molecular weight is 291 g/mol. The maximum atomic E-state index is 5.95. The third kappa shape index (κ3) is 2.77.